The summed E-state index contributed by atoms with van der Waals surface area (Å²) in [5.74, 6) is 0.905. The van der Waals surface area contributed by atoms with Gasteiger partial charge < -0.3 is 14.4 Å². The fraction of sp³-hybridized carbons (Fsp3) is 0.450. The van der Waals surface area contributed by atoms with Crippen molar-refractivity contribution in [2.75, 3.05) is 19.8 Å². The van der Waals surface area contributed by atoms with Crippen LogP contribution in [0.25, 0.3) is 0 Å². The molecule has 4 rings (SSSR count). The highest BCUT2D eigenvalue weighted by Gasteiger charge is 2.30. The summed E-state index contributed by atoms with van der Waals surface area (Å²) in [5, 5.41) is 4.23. The summed E-state index contributed by atoms with van der Waals surface area (Å²) in [6.45, 7) is 2.25. The summed E-state index contributed by atoms with van der Waals surface area (Å²) in [5.41, 5.74) is 1.99. The van der Waals surface area contributed by atoms with E-state index in [-0.39, 0.29) is 18.1 Å². The number of rotatable bonds is 5. The highest BCUT2D eigenvalue weighted by atomic mass is 32.1. The third-order valence-electron chi connectivity index (χ3n) is 5.00. The van der Waals surface area contributed by atoms with Gasteiger partial charge in [0.1, 0.15) is 12.4 Å². The molecule has 0 spiro atoms. The largest absolute Gasteiger partial charge is 0.491 e. The topological polar surface area (TPSA) is 38.8 Å². The van der Waals surface area contributed by atoms with Crippen molar-refractivity contribution in [2.24, 2.45) is 0 Å². The first kappa shape index (κ1) is 16.6. The molecule has 25 heavy (non-hydrogen) atoms. The first-order valence-corrected chi connectivity index (χ1v) is 9.93. The number of hydrogen-bond donors (Lipinski definition) is 0. The number of carbonyl (C=O) groups is 1. The number of amides is 1. The number of carbonyl (C=O) groups excluding carboxylic acids is 1. The molecule has 5 heteroatoms. The normalized spacial score (nSPS) is 23.1. The molecule has 3 heterocycles. The Morgan fingerprint density at radius 2 is 2.08 bits per heavy atom. The lowest BCUT2D eigenvalue weighted by atomic mass is 10.1. The average Bonchev–Trinajstić information content (AvgIpc) is 3.41. The molecule has 132 valence electrons. The van der Waals surface area contributed by atoms with E-state index in [2.05, 4.69) is 16.8 Å². The number of ether oxygens (including phenoxy) is 2. The number of hydrogen-bond acceptors (Lipinski definition) is 4. The molecular formula is C20H23NO3S. The molecule has 2 fully saturated rings. The van der Waals surface area contributed by atoms with E-state index >= 15 is 0 Å². The lowest BCUT2D eigenvalue weighted by Gasteiger charge is -2.24. The van der Waals surface area contributed by atoms with Crippen LogP contribution in [0.1, 0.15) is 47.6 Å². The third-order valence-corrected chi connectivity index (χ3v) is 5.70. The third kappa shape index (κ3) is 3.72. The predicted octanol–water partition coefficient (Wildman–Crippen LogP) is 4.28. The Morgan fingerprint density at radius 1 is 1.20 bits per heavy atom. The van der Waals surface area contributed by atoms with Crippen molar-refractivity contribution >= 4 is 17.2 Å². The molecule has 0 radical (unpaired) electrons. The van der Waals surface area contributed by atoms with Crippen LogP contribution in [0.5, 0.6) is 5.75 Å². The Labute approximate surface area is 152 Å². The molecule has 1 amide bonds. The molecule has 2 atom stereocenters. The van der Waals surface area contributed by atoms with Crippen LogP contribution in [0.2, 0.25) is 0 Å². The van der Waals surface area contributed by atoms with Crippen LogP contribution in [0.4, 0.5) is 0 Å². The van der Waals surface area contributed by atoms with Crippen LogP contribution in [0, 0.1) is 0 Å². The van der Waals surface area contributed by atoms with Gasteiger partial charge in [-0.2, -0.15) is 11.3 Å². The number of benzene rings is 1. The van der Waals surface area contributed by atoms with Gasteiger partial charge in [0.15, 0.2) is 0 Å². The lowest BCUT2D eigenvalue weighted by molar-refractivity contribution is 0.0678. The maximum atomic E-state index is 12.9. The number of thiophene rings is 1. The van der Waals surface area contributed by atoms with Gasteiger partial charge in [0.25, 0.3) is 5.91 Å². The van der Waals surface area contributed by atoms with Gasteiger partial charge in [-0.1, -0.05) is 0 Å². The summed E-state index contributed by atoms with van der Waals surface area (Å²) in [6.07, 6.45) is 4.50. The maximum absolute atomic E-state index is 12.9. The van der Waals surface area contributed by atoms with Crippen molar-refractivity contribution < 1.29 is 14.3 Å². The van der Waals surface area contributed by atoms with E-state index in [1.807, 2.05) is 29.2 Å². The minimum atomic E-state index is 0.111. The van der Waals surface area contributed by atoms with Crippen LogP contribution >= 0.6 is 11.3 Å². The van der Waals surface area contributed by atoms with E-state index in [4.69, 9.17) is 9.47 Å². The average molecular weight is 357 g/mol. The smallest absolute Gasteiger partial charge is 0.254 e. The van der Waals surface area contributed by atoms with E-state index in [0.717, 1.165) is 50.1 Å². The van der Waals surface area contributed by atoms with Crippen LogP contribution in [-0.2, 0) is 4.74 Å². The van der Waals surface area contributed by atoms with Gasteiger partial charge in [0.05, 0.1) is 12.1 Å². The van der Waals surface area contributed by atoms with Crippen molar-refractivity contribution in [3.05, 3.63) is 52.2 Å². The van der Waals surface area contributed by atoms with Gasteiger partial charge >= 0.3 is 0 Å². The van der Waals surface area contributed by atoms with Crippen LogP contribution in [0.15, 0.2) is 41.1 Å². The highest BCUT2D eigenvalue weighted by Crippen LogP contribution is 2.34. The van der Waals surface area contributed by atoms with Crippen molar-refractivity contribution in [1.29, 1.82) is 0 Å². The first-order valence-electron chi connectivity index (χ1n) is 8.99. The van der Waals surface area contributed by atoms with E-state index in [9.17, 15) is 4.79 Å². The fourth-order valence-electron chi connectivity index (χ4n) is 3.65. The van der Waals surface area contributed by atoms with Crippen molar-refractivity contribution in [1.82, 2.24) is 4.90 Å². The Bertz CT molecular complexity index is 692. The molecule has 1 aromatic carbocycles. The Hall–Kier alpha value is -1.85. The molecule has 2 aliphatic heterocycles. The molecule has 2 aromatic rings. The molecule has 2 aliphatic rings. The maximum Gasteiger partial charge on any atom is 0.254 e. The zero-order chi connectivity index (χ0) is 17.1. The second-order valence-corrected chi connectivity index (χ2v) is 7.46. The number of likely N-dealkylation sites (tertiary alicyclic amines) is 1. The monoisotopic (exact) mass is 357 g/mol. The minimum absolute atomic E-state index is 0.111. The molecule has 0 saturated carbocycles. The minimum Gasteiger partial charge on any atom is -0.491 e. The first-order chi connectivity index (χ1) is 12.3. The second-order valence-electron chi connectivity index (χ2n) is 6.68. The molecule has 0 bridgehead atoms. The van der Waals surface area contributed by atoms with Gasteiger partial charge in [0.2, 0.25) is 0 Å². The van der Waals surface area contributed by atoms with E-state index in [0.29, 0.717) is 6.61 Å². The second kappa shape index (κ2) is 7.58. The standard InChI is InChI=1S/C20H23NO3S/c22-20(21-10-1-4-19(21)16-9-12-25-14-16)15-5-7-17(8-6-15)24-13-18-3-2-11-23-18/h5-9,12,14,18-19H,1-4,10-11,13H2/t18-,19+/m1/s1. The van der Waals surface area contributed by atoms with Crippen LogP contribution in [0.3, 0.4) is 0 Å². The van der Waals surface area contributed by atoms with Crippen LogP contribution < -0.4 is 4.74 Å². The molecule has 0 N–H and O–H groups in total. The zero-order valence-corrected chi connectivity index (χ0v) is 15.0. The summed E-state index contributed by atoms with van der Waals surface area (Å²) < 4.78 is 11.3. The Kier molecular flexibility index (Phi) is 5.04. The SMILES string of the molecule is O=C(c1ccc(OC[C@H]2CCCO2)cc1)N1CCC[C@H]1c1ccsc1. The molecule has 1 aromatic heterocycles. The van der Waals surface area contributed by atoms with Gasteiger partial charge in [0, 0.05) is 18.7 Å². The molecule has 4 nitrogen and oxygen atoms in total. The summed E-state index contributed by atoms with van der Waals surface area (Å²) >= 11 is 1.69. The predicted molar refractivity (Wildman–Crippen MR) is 98.2 cm³/mol. The van der Waals surface area contributed by atoms with Gasteiger partial charge in [-0.15, -0.1) is 0 Å². The van der Waals surface area contributed by atoms with Crippen molar-refractivity contribution in [3.8, 4) is 5.75 Å². The van der Waals surface area contributed by atoms with Gasteiger partial charge in [-0.3, -0.25) is 4.79 Å². The fourth-order valence-corrected chi connectivity index (χ4v) is 4.35. The summed E-state index contributed by atoms with van der Waals surface area (Å²) in [6, 6.07) is 9.86. The Balaban J connectivity index is 1.39. The molecule has 2 saturated heterocycles. The van der Waals surface area contributed by atoms with E-state index in [1.165, 1.54) is 5.56 Å². The quantitative estimate of drug-likeness (QED) is 0.801. The highest BCUT2D eigenvalue weighted by molar-refractivity contribution is 7.08. The van der Waals surface area contributed by atoms with Crippen molar-refractivity contribution in [3.63, 3.8) is 0 Å². The summed E-state index contributed by atoms with van der Waals surface area (Å²) in [7, 11) is 0. The zero-order valence-electron chi connectivity index (χ0n) is 14.2. The Morgan fingerprint density at radius 3 is 2.80 bits per heavy atom. The van der Waals surface area contributed by atoms with E-state index in [1.54, 1.807) is 11.3 Å². The van der Waals surface area contributed by atoms with Gasteiger partial charge in [-0.05, 0) is 72.3 Å². The molecular weight excluding hydrogens is 334 g/mol. The lowest BCUT2D eigenvalue weighted by Crippen LogP contribution is -2.30. The van der Waals surface area contributed by atoms with Crippen LogP contribution in [-0.4, -0.2) is 36.7 Å². The molecule has 0 unspecified atom stereocenters. The van der Waals surface area contributed by atoms with E-state index < -0.39 is 0 Å². The van der Waals surface area contributed by atoms with Crippen molar-refractivity contribution in [2.45, 2.75) is 37.8 Å². The molecule has 0 aliphatic carbocycles. The van der Waals surface area contributed by atoms with Gasteiger partial charge in [-0.25, -0.2) is 0 Å². The summed E-state index contributed by atoms with van der Waals surface area (Å²) in [4.78, 5) is 14.9. The number of nitrogens with zero attached hydrogens (tertiary/aromatic N) is 1.